The molecule has 0 heterocycles. The summed E-state index contributed by atoms with van der Waals surface area (Å²) in [5, 5.41) is 3.41. The molecule has 0 unspecified atom stereocenters. The van der Waals surface area contributed by atoms with Crippen molar-refractivity contribution >= 4 is 26.1 Å². The Labute approximate surface area is 218 Å². The quantitative estimate of drug-likeness (QED) is 0.107. The van der Waals surface area contributed by atoms with Crippen molar-refractivity contribution in [2.24, 2.45) is 16.6 Å². The van der Waals surface area contributed by atoms with E-state index in [1.807, 2.05) is 19.0 Å². The molecule has 12 nitrogen and oxygen atoms in total. The molecule has 0 aliphatic heterocycles. The Morgan fingerprint density at radius 1 is 0.892 bits per heavy atom. The van der Waals surface area contributed by atoms with E-state index >= 15 is 0 Å². The zero-order chi connectivity index (χ0) is 27.6. The van der Waals surface area contributed by atoms with Gasteiger partial charge in [-0.25, -0.2) is 12.7 Å². The van der Waals surface area contributed by atoms with E-state index in [-0.39, 0.29) is 36.4 Å². The lowest BCUT2D eigenvalue weighted by Crippen LogP contribution is -2.31. The number of oxime groups is 1. The van der Waals surface area contributed by atoms with E-state index in [9.17, 15) is 16.8 Å². The molecular formula is C23H35N5O7S2. The zero-order valence-electron chi connectivity index (χ0n) is 21.5. The average Bonchev–Trinajstić information content (AvgIpc) is 2.80. The van der Waals surface area contributed by atoms with E-state index in [1.54, 1.807) is 13.0 Å². The molecule has 0 radical (unpaired) electrons. The van der Waals surface area contributed by atoms with Crippen molar-refractivity contribution < 1.29 is 30.6 Å². The van der Waals surface area contributed by atoms with Crippen molar-refractivity contribution in [2.45, 2.75) is 29.6 Å². The molecule has 0 spiro atoms. The van der Waals surface area contributed by atoms with E-state index in [0.29, 0.717) is 30.7 Å². The van der Waals surface area contributed by atoms with Crippen LogP contribution in [0.3, 0.4) is 0 Å². The van der Waals surface area contributed by atoms with Crippen LogP contribution in [0.4, 0.5) is 0 Å². The fraction of sp³-hybridized carbons (Fsp3) is 0.435. The summed E-state index contributed by atoms with van der Waals surface area (Å²) in [5.41, 5.74) is 11.0. The van der Waals surface area contributed by atoms with E-state index in [2.05, 4.69) is 5.16 Å². The van der Waals surface area contributed by atoms with Crippen LogP contribution in [-0.2, 0) is 25.0 Å². The second kappa shape index (κ2) is 13.5. The molecule has 37 heavy (non-hydrogen) atoms. The number of sulfonamides is 1. The van der Waals surface area contributed by atoms with Crippen LogP contribution in [0.5, 0.6) is 11.5 Å². The lowest BCUT2D eigenvalue weighted by Gasteiger charge is -2.20. The maximum atomic E-state index is 13.2. The van der Waals surface area contributed by atoms with E-state index < -0.39 is 25.0 Å². The van der Waals surface area contributed by atoms with Gasteiger partial charge in [0, 0.05) is 26.1 Å². The molecule has 0 aliphatic rings. The molecule has 14 heteroatoms. The van der Waals surface area contributed by atoms with Gasteiger partial charge in [0.05, 0.1) is 6.61 Å². The normalized spacial score (nSPS) is 11.9. The summed E-state index contributed by atoms with van der Waals surface area (Å²) in [7, 11) is -3.39. The third-order valence-corrected chi connectivity index (χ3v) is 8.28. The molecule has 0 fully saturated rings. The summed E-state index contributed by atoms with van der Waals surface area (Å²) in [6.07, 6.45) is 1.05. The predicted molar refractivity (Wildman–Crippen MR) is 140 cm³/mol. The number of guanidine groups is 1. The first kappa shape index (κ1) is 30.2. The SMILES string of the molecule is Cc1cc(OCCCON=C(N)N)cc(OS(=O)(=O)c2ccccc2S(=O)(=O)N(C)CCCN(C)C)c1. The van der Waals surface area contributed by atoms with Crippen molar-refractivity contribution in [1.29, 1.82) is 0 Å². The fourth-order valence-electron chi connectivity index (χ4n) is 3.22. The van der Waals surface area contributed by atoms with Gasteiger partial charge in [0.1, 0.15) is 27.9 Å². The standard InChI is InChI=1S/C23H35N5O7S2/c1-18-15-19(33-13-8-14-34-26-23(24)25)17-20(16-18)35-37(31,32)22-10-6-5-9-21(22)36(29,30)28(4)12-7-11-27(2)3/h5-6,9-10,15-17H,7-8,11-14H2,1-4H3,(H4,24,25,26). The number of nitrogens with two attached hydrogens (primary N) is 2. The summed E-state index contributed by atoms with van der Waals surface area (Å²) < 4.78 is 64.9. The number of hydrogen-bond donors (Lipinski definition) is 2. The van der Waals surface area contributed by atoms with E-state index in [1.165, 1.54) is 43.4 Å². The summed E-state index contributed by atoms with van der Waals surface area (Å²) in [6, 6.07) is 9.99. The Balaban J connectivity index is 2.20. The highest BCUT2D eigenvalue weighted by Crippen LogP contribution is 2.29. The minimum absolute atomic E-state index is 0.0155. The summed E-state index contributed by atoms with van der Waals surface area (Å²) in [5.74, 6) is 0.166. The van der Waals surface area contributed by atoms with Gasteiger partial charge in [-0.05, 0) is 69.0 Å². The first-order valence-electron chi connectivity index (χ1n) is 11.4. The van der Waals surface area contributed by atoms with Crippen molar-refractivity contribution in [3.05, 3.63) is 48.0 Å². The summed E-state index contributed by atoms with van der Waals surface area (Å²) >= 11 is 0. The molecule has 2 rings (SSSR count). The van der Waals surface area contributed by atoms with Crippen molar-refractivity contribution in [1.82, 2.24) is 9.21 Å². The molecule has 206 valence electrons. The third-order valence-electron chi connectivity index (χ3n) is 4.93. The van der Waals surface area contributed by atoms with Gasteiger partial charge in [0.2, 0.25) is 16.0 Å². The van der Waals surface area contributed by atoms with Crippen LogP contribution in [0, 0.1) is 6.92 Å². The molecule has 0 amide bonds. The topological polar surface area (TPSA) is 167 Å². The molecule has 0 atom stereocenters. The first-order valence-corrected chi connectivity index (χ1v) is 14.3. The molecule has 2 aromatic carbocycles. The summed E-state index contributed by atoms with van der Waals surface area (Å²) in [6.45, 7) is 3.12. The van der Waals surface area contributed by atoms with Crippen LogP contribution in [0.25, 0.3) is 0 Å². The molecule has 0 saturated heterocycles. The van der Waals surface area contributed by atoms with Crippen molar-refractivity contribution in [2.75, 3.05) is 47.4 Å². The van der Waals surface area contributed by atoms with Crippen LogP contribution >= 0.6 is 0 Å². The minimum atomic E-state index is -4.50. The number of rotatable bonds is 15. The van der Waals surface area contributed by atoms with Gasteiger partial charge in [-0.1, -0.05) is 12.1 Å². The highest BCUT2D eigenvalue weighted by Gasteiger charge is 2.30. The largest absolute Gasteiger partial charge is 0.493 e. The van der Waals surface area contributed by atoms with Gasteiger partial charge in [-0.2, -0.15) is 8.42 Å². The average molecular weight is 558 g/mol. The lowest BCUT2D eigenvalue weighted by atomic mass is 10.2. The lowest BCUT2D eigenvalue weighted by molar-refractivity contribution is 0.127. The van der Waals surface area contributed by atoms with Gasteiger partial charge >= 0.3 is 10.1 Å². The number of hydrogen-bond acceptors (Lipinski definition) is 9. The van der Waals surface area contributed by atoms with Crippen LogP contribution in [-0.4, -0.2) is 79.4 Å². The molecule has 0 bridgehead atoms. The highest BCUT2D eigenvalue weighted by atomic mass is 32.2. The van der Waals surface area contributed by atoms with Crippen LogP contribution in [0.2, 0.25) is 0 Å². The van der Waals surface area contributed by atoms with Gasteiger partial charge in [-0.3, -0.25) is 0 Å². The Kier molecular flexibility index (Phi) is 11.0. The van der Waals surface area contributed by atoms with Gasteiger partial charge < -0.3 is 30.1 Å². The number of nitrogens with zero attached hydrogens (tertiary/aromatic N) is 3. The maximum Gasteiger partial charge on any atom is 0.340 e. The molecule has 0 aromatic heterocycles. The molecule has 0 aliphatic carbocycles. The van der Waals surface area contributed by atoms with Crippen molar-refractivity contribution in [3.63, 3.8) is 0 Å². The Hall–Kier alpha value is -3.07. The van der Waals surface area contributed by atoms with Gasteiger partial charge in [0.15, 0.2) is 0 Å². The Morgan fingerprint density at radius 2 is 1.54 bits per heavy atom. The van der Waals surface area contributed by atoms with Crippen LogP contribution in [0.15, 0.2) is 57.4 Å². The second-order valence-corrected chi connectivity index (χ2v) is 12.0. The predicted octanol–water partition coefficient (Wildman–Crippen LogP) is 1.31. The smallest absolute Gasteiger partial charge is 0.340 e. The maximum absolute atomic E-state index is 13.2. The molecule has 4 N–H and O–H groups in total. The first-order chi connectivity index (χ1) is 17.3. The third kappa shape index (κ3) is 9.39. The Bertz CT molecular complexity index is 1280. The highest BCUT2D eigenvalue weighted by molar-refractivity contribution is 7.91. The molecular weight excluding hydrogens is 522 g/mol. The molecule has 2 aromatic rings. The van der Waals surface area contributed by atoms with Gasteiger partial charge in [-0.15, -0.1) is 0 Å². The zero-order valence-corrected chi connectivity index (χ0v) is 23.1. The van der Waals surface area contributed by atoms with Crippen LogP contribution in [0.1, 0.15) is 18.4 Å². The molecule has 0 saturated carbocycles. The number of aryl methyl sites for hydroxylation is 1. The van der Waals surface area contributed by atoms with E-state index in [0.717, 1.165) is 4.31 Å². The van der Waals surface area contributed by atoms with Crippen molar-refractivity contribution in [3.8, 4) is 11.5 Å². The number of benzene rings is 2. The van der Waals surface area contributed by atoms with E-state index in [4.69, 9.17) is 25.2 Å². The van der Waals surface area contributed by atoms with Gasteiger partial charge in [0.25, 0.3) is 0 Å². The monoisotopic (exact) mass is 557 g/mol. The summed E-state index contributed by atoms with van der Waals surface area (Å²) in [4.78, 5) is 6.02. The Morgan fingerprint density at radius 3 is 2.19 bits per heavy atom. The number of ether oxygens (including phenoxy) is 1. The fourth-order valence-corrected chi connectivity index (χ4v) is 6.12. The second-order valence-electron chi connectivity index (χ2n) is 8.50. The minimum Gasteiger partial charge on any atom is -0.493 e. The van der Waals surface area contributed by atoms with Crippen LogP contribution < -0.4 is 20.4 Å².